The highest BCUT2D eigenvalue weighted by atomic mass is 15.3. The zero-order chi connectivity index (χ0) is 9.80. The van der Waals surface area contributed by atoms with Crippen LogP contribution in [0.2, 0.25) is 0 Å². The van der Waals surface area contributed by atoms with Crippen molar-refractivity contribution in [2.24, 2.45) is 0 Å². The quantitative estimate of drug-likeness (QED) is 0.704. The molecule has 0 amide bonds. The lowest BCUT2D eigenvalue weighted by molar-refractivity contribution is 0.0708. The Bertz CT molecular complexity index is 158. The van der Waals surface area contributed by atoms with Crippen molar-refractivity contribution in [1.29, 1.82) is 0 Å². The molecule has 0 aliphatic carbocycles. The lowest BCUT2D eigenvalue weighted by Gasteiger charge is -2.40. The number of likely N-dealkylation sites (N-methyl/N-ethyl adjacent to an activating group) is 1. The molecule has 0 aromatic carbocycles. The molecule has 0 saturated carbocycles. The van der Waals surface area contributed by atoms with E-state index >= 15 is 0 Å². The number of rotatable bonds is 2. The number of hydrogen-bond donors (Lipinski definition) is 1. The van der Waals surface area contributed by atoms with Crippen molar-refractivity contribution in [2.45, 2.75) is 32.4 Å². The van der Waals surface area contributed by atoms with Crippen LogP contribution in [0.1, 0.15) is 26.2 Å². The summed E-state index contributed by atoms with van der Waals surface area (Å²) in [6.45, 7) is 9.72. The van der Waals surface area contributed by atoms with Crippen molar-refractivity contribution in [2.75, 3.05) is 39.3 Å². The Labute approximate surface area is 87.4 Å². The Kier molecular flexibility index (Phi) is 3.79. The van der Waals surface area contributed by atoms with E-state index in [1.54, 1.807) is 0 Å². The molecule has 0 radical (unpaired) electrons. The van der Waals surface area contributed by atoms with Gasteiger partial charge in [-0.25, -0.2) is 0 Å². The predicted octanol–water partition coefficient (Wildman–Crippen LogP) is 0.724. The van der Waals surface area contributed by atoms with Crippen molar-refractivity contribution in [3.05, 3.63) is 0 Å². The summed E-state index contributed by atoms with van der Waals surface area (Å²) in [7, 11) is 0. The van der Waals surface area contributed by atoms with Gasteiger partial charge in [-0.2, -0.15) is 0 Å². The second-order valence-corrected chi connectivity index (χ2v) is 4.44. The summed E-state index contributed by atoms with van der Waals surface area (Å²) in [6, 6.07) is 0. The molecule has 14 heavy (non-hydrogen) atoms. The van der Waals surface area contributed by atoms with E-state index in [2.05, 4.69) is 22.0 Å². The third-order valence-electron chi connectivity index (χ3n) is 3.58. The fraction of sp³-hybridized carbons (Fsp3) is 1.00. The van der Waals surface area contributed by atoms with Crippen LogP contribution in [0.15, 0.2) is 0 Å². The Morgan fingerprint density at radius 2 is 1.93 bits per heavy atom. The van der Waals surface area contributed by atoms with Crippen molar-refractivity contribution in [3.63, 3.8) is 0 Å². The molecule has 0 aromatic heterocycles. The zero-order valence-corrected chi connectivity index (χ0v) is 9.34. The van der Waals surface area contributed by atoms with Crippen LogP contribution < -0.4 is 5.32 Å². The molecule has 2 saturated heterocycles. The maximum Gasteiger partial charge on any atom is 0.0597 e. The first-order chi connectivity index (χ1) is 6.90. The lowest BCUT2D eigenvalue weighted by atomic mass is 10.1. The van der Waals surface area contributed by atoms with E-state index in [1.165, 1.54) is 58.5 Å². The zero-order valence-electron chi connectivity index (χ0n) is 9.34. The van der Waals surface area contributed by atoms with Gasteiger partial charge >= 0.3 is 0 Å². The number of nitrogens with zero attached hydrogens (tertiary/aromatic N) is 2. The van der Waals surface area contributed by atoms with Gasteiger partial charge in [-0.15, -0.1) is 0 Å². The van der Waals surface area contributed by atoms with Crippen molar-refractivity contribution < 1.29 is 0 Å². The Balaban J connectivity index is 1.76. The topological polar surface area (TPSA) is 18.5 Å². The standard InChI is InChI=1S/C11H23N3/c1-2-13-7-9-14(10-8-13)11-5-3-4-6-12-11/h11-12H,2-10H2,1H3. The fourth-order valence-corrected chi connectivity index (χ4v) is 2.54. The summed E-state index contributed by atoms with van der Waals surface area (Å²) in [5.41, 5.74) is 0. The summed E-state index contributed by atoms with van der Waals surface area (Å²) in [5, 5.41) is 3.63. The SMILES string of the molecule is CCN1CCN(C2CCCCN2)CC1. The van der Waals surface area contributed by atoms with Gasteiger partial charge in [0, 0.05) is 26.2 Å². The third kappa shape index (κ3) is 2.47. The van der Waals surface area contributed by atoms with Crippen molar-refractivity contribution in [3.8, 4) is 0 Å². The van der Waals surface area contributed by atoms with Gasteiger partial charge in [0.05, 0.1) is 6.17 Å². The Morgan fingerprint density at radius 3 is 2.50 bits per heavy atom. The molecule has 2 rings (SSSR count). The highest BCUT2D eigenvalue weighted by Gasteiger charge is 2.23. The summed E-state index contributed by atoms with van der Waals surface area (Å²) in [4.78, 5) is 5.17. The van der Waals surface area contributed by atoms with E-state index in [0.29, 0.717) is 6.17 Å². The highest BCUT2D eigenvalue weighted by Crippen LogP contribution is 2.13. The van der Waals surface area contributed by atoms with E-state index in [4.69, 9.17) is 0 Å². The van der Waals surface area contributed by atoms with Gasteiger partial charge in [0.2, 0.25) is 0 Å². The molecule has 2 aliphatic heterocycles. The maximum absolute atomic E-state index is 3.63. The molecule has 82 valence electrons. The fourth-order valence-electron chi connectivity index (χ4n) is 2.54. The minimum Gasteiger partial charge on any atom is -0.302 e. The first-order valence-corrected chi connectivity index (χ1v) is 6.10. The average Bonchev–Trinajstić information content (AvgIpc) is 2.30. The van der Waals surface area contributed by atoms with Gasteiger partial charge < -0.3 is 10.2 Å². The summed E-state index contributed by atoms with van der Waals surface area (Å²) < 4.78 is 0. The summed E-state index contributed by atoms with van der Waals surface area (Å²) >= 11 is 0. The largest absolute Gasteiger partial charge is 0.302 e. The molecule has 0 bridgehead atoms. The van der Waals surface area contributed by atoms with Crippen molar-refractivity contribution in [1.82, 2.24) is 15.1 Å². The molecule has 1 N–H and O–H groups in total. The van der Waals surface area contributed by atoms with Crippen LogP contribution in [0.5, 0.6) is 0 Å². The van der Waals surface area contributed by atoms with E-state index in [9.17, 15) is 0 Å². The van der Waals surface area contributed by atoms with E-state index in [-0.39, 0.29) is 0 Å². The van der Waals surface area contributed by atoms with Gasteiger partial charge in [-0.3, -0.25) is 4.90 Å². The summed E-state index contributed by atoms with van der Waals surface area (Å²) in [5.74, 6) is 0. The molecule has 0 spiro atoms. The van der Waals surface area contributed by atoms with Gasteiger partial charge in [-0.1, -0.05) is 6.92 Å². The monoisotopic (exact) mass is 197 g/mol. The Morgan fingerprint density at radius 1 is 1.14 bits per heavy atom. The van der Waals surface area contributed by atoms with E-state index < -0.39 is 0 Å². The van der Waals surface area contributed by atoms with Crippen LogP contribution >= 0.6 is 0 Å². The first-order valence-electron chi connectivity index (χ1n) is 6.10. The average molecular weight is 197 g/mol. The van der Waals surface area contributed by atoms with E-state index in [1.807, 2.05) is 0 Å². The second-order valence-electron chi connectivity index (χ2n) is 4.44. The number of piperazine rings is 1. The maximum atomic E-state index is 3.63. The lowest BCUT2D eigenvalue weighted by Crippen LogP contribution is -2.55. The van der Waals surface area contributed by atoms with Crippen LogP contribution in [0.3, 0.4) is 0 Å². The molecular weight excluding hydrogens is 174 g/mol. The molecule has 3 nitrogen and oxygen atoms in total. The van der Waals surface area contributed by atoms with Crippen LogP contribution in [0.25, 0.3) is 0 Å². The van der Waals surface area contributed by atoms with Crippen LogP contribution in [0, 0.1) is 0 Å². The molecule has 1 atom stereocenters. The molecule has 3 heteroatoms. The summed E-state index contributed by atoms with van der Waals surface area (Å²) in [6.07, 6.45) is 4.81. The van der Waals surface area contributed by atoms with E-state index in [0.717, 1.165) is 0 Å². The minimum absolute atomic E-state index is 0.683. The smallest absolute Gasteiger partial charge is 0.0597 e. The van der Waals surface area contributed by atoms with Crippen LogP contribution in [-0.2, 0) is 0 Å². The molecular formula is C11H23N3. The predicted molar refractivity (Wildman–Crippen MR) is 59.3 cm³/mol. The number of piperidine rings is 1. The molecule has 0 aromatic rings. The van der Waals surface area contributed by atoms with Crippen LogP contribution in [-0.4, -0.2) is 55.2 Å². The van der Waals surface area contributed by atoms with Gasteiger partial charge in [0.1, 0.15) is 0 Å². The Hall–Kier alpha value is -0.120. The normalized spacial score (nSPS) is 31.9. The molecule has 2 fully saturated rings. The highest BCUT2D eigenvalue weighted by molar-refractivity contribution is 4.79. The van der Waals surface area contributed by atoms with Crippen molar-refractivity contribution >= 4 is 0 Å². The number of nitrogens with one attached hydrogen (secondary N) is 1. The van der Waals surface area contributed by atoms with Gasteiger partial charge in [-0.05, 0) is 32.4 Å². The second kappa shape index (κ2) is 5.10. The number of hydrogen-bond acceptors (Lipinski definition) is 3. The van der Waals surface area contributed by atoms with Gasteiger partial charge in [0.25, 0.3) is 0 Å². The van der Waals surface area contributed by atoms with Crippen LogP contribution in [0.4, 0.5) is 0 Å². The third-order valence-corrected chi connectivity index (χ3v) is 3.58. The first kappa shape index (κ1) is 10.4. The minimum atomic E-state index is 0.683. The molecule has 2 aliphatic rings. The molecule has 1 unspecified atom stereocenters. The van der Waals surface area contributed by atoms with Gasteiger partial charge in [0.15, 0.2) is 0 Å². The molecule has 2 heterocycles.